The Morgan fingerprint density at radius 3 is 1.90 bits per heavy atom. The van der Waals surface area contributed by atoms with Gasteiger partial charge in [0, 0.05) is 6.42 Å². The van der Waals surface area contributed by atoms with Gasteiger partial charge in [-0.15, -0.1) is 0 Å². The molecule has 3 amide bonds. The molecule has 0 radical (unpaired) electrons. The van der Waals surface area contributed by atoms with E-state index in [9.17, 15) is 24.0 Å². The highest BCUT2D eigenvalue weighted by atomic mass is 16.4. The molecule has 0 saturated carbocycles. The fourth-order valence-electron chi connectivity index (χ4n) is 2.39. The average molecular weight is 422 g/mol. The largest absolute Gasteiger partial charge is 0.481 e. The van der Waals surface area contributed by atoms with E-state index in [0.717, 1.165) is 0 Å². The molecule has 4 atom stereocenters. The molecule has 0 aliphatic heterocycles. The van der Waals surface area contributed by atoms with Gasteiger partial charge >= 0.3 is 11.9 Å². The number of benzene rings is 1. The van der Waals surface area contributed by atoms with E-state index in [-0.39, 0.29) is 6.42 Å². The van der Waals surface area contributed by atoms with Crippen LogP contribution in [0.25, 0.3) is 0 Å². The number of hydrogen-bond acceptors (Lipinski definition) is 6. The van der Waals surface area contributed by atoms with E-state index < -0.39 is 60.2 Å². The summed E-state index contributed by atoms with van der Waals surface area (Å²) in [4.78, 5) is 59.1. The zero-order valence-corrected chi connectivity index (χ0v) is 16.6. The van der Waals surface area contributed by atoms with Crippen LogP contribution in [0.5, 0.6) is 0 Å². The number of carbonyl (C=O) groups excluding carboxylic acids is 3. The highest BCUT2D eigenvalue weighted by Crippen LogP contribution is 2.05. The van der Waals surface area contributed by atoms with Gasteiger partial charge in [0.1, 0.15) is 18.1 Å². The summed E-state index contributed by atoms with van der Waals surface area (Å²) in [5.74, 6) is -5.02. The molecule has 11 nitrogen and oxygen atoms in total. The molecular formula is C19H26N4O7. The standard InChI is InChI=1S/C19H26N4O7/c1-10(20)16(26)22-14(9-15(24)25)18(28)23-13(8-12-6-4-3-5-7-12)17(27)21-11(2)19(29)30/h3-7,10-11,13-14H,8-9,20H2,1-2H3,(H,21,27)(H,22,26)(H,23,28)(H,24,25)(H,29,30). The van der Waals surface area contributed by atoms with Crippen molar-refractivity contribution in [2.75, 3.05) is 0 Å². The summed E-state index contributed by atoms with van der Waals surface area (Å²) in [5.41, 5.74) is 6.12. The van der Waals surface area contributed by atoms with Gasteiger partial charge in [0.25, 0.3) is 0 Å². The van der Waals surface area contributed by atoms with Crippen LogP contribution in [-0.4, -0.2) is 64.0 Å². The first kappa shape index (κ1) is 24.6. The van der Waals surface area contributed by atoms with Gasteiger partial charge < -0.3 is 31.9 Å². The second-order valence-corrected chi connectivity index (χ2v) is 6.77. The number of rotatable bonds is 11. The van der Waals surface area contributed by atoms with Gasteiger partial charge in [-0.25, -0.2) is 0 Å². The molecule has 164 valence electrons. The minimum absolute atomic E-state index is 0.0196. The molecule has 1 aromatic rings. The van der Waals surface area contributed by atoms with Crippen molar-refractivity contribution in [3.8, 4) is 0 Å². The van der Waals surface area contributed by atoms with Crippen molar-refractivity contribution in [2.24, 2.45) is 5.73 Å². The molecule has 0 spiro atoms. The number of hydrogen-bond donors (Lipinski definition) is 6. The molecule has 0 bridgehead atoms. The number of nitrogens with two attached hydrogens (primary N) is 1. The van der Waals surface area contributed by atoms with Crippen LogP contribution < -0.4 is 21.7 Å². The van der Waals surface area contributed by atoms with Crippen molar-refractivity contribution in [1.29, 1.82) is 0 Å². The van der Waals surface area contributed by atoms with E-state index >= 15 is 0 Å². The van der Waals surface area contributed by atoms with Crippen molar-refractivity contribution < 1.29 is 34.2 Å². The van der Waals surface area contributed by atoms with E-state index in [0.29, 0.717) is 5.56 Å². The predicted molar refractivity (Wildman–Crippen MR) is 105 cm³/mol. The Morgan fingerprint density at radius 1 is 0.867 bits per heavy atom. The van der Waals surface area contributed by atoms with Crippen LogP contribution in [-0.2, 0) is 30.4 Å². The molecule has 0 fully saturated rings. The SMILES string of the molecule is CC(N)C(=O)NC(CC(=O)O)C(=O)NC(Cc1ccccc1)C(=O)NC(C)C(=O)O. The molecule has 11 heteroatoms. The molecule has 4 unspecified atom stereocenters. The Kier molecular flexibility index (Phi) is 9.43. The molecule has 0 aromatic heterocycles. The van der Waals surface area contributed by atoms with Gasteiger partial charge in [-0.2, -0.15) is 0 Å². The van der Waals surface area contributed by atoms with Crippen LogP contribution in [0.15, 0.2) is 30.3 Å². The smallest absolute Gasteiger partial charge is 0.325 e. The van der Waals surface area contributed by atoms with Crippen LogP contribution in [0.1, 0.15) is 25.8 Å². The zero-order valence-electron chi connectivity index (χ0n) is 16.6. The molecule has 7 N–H and O–H groups in total. The lowest BCUT2D eigenvalue weighted by molar-refractivity contribution is -0.143. The van der Waals surface area contributed by atoms with Crippen LogP contribution >= 0.6 is 0 Å². The van der Waals surface area contributed by atoms with E-state index in [1.54, 1.807) is 30.3 Å². The number of carboxylic acids is 2. The third-order valence-electron chi connectivity index (χ3n) is 4.07. The quantitative estimate of drug-likeness (QED) is 0.251. The van der Waals surface area contributed by atoms with Gasteiger partial charge in [-0.1, -0.05) is 30.3 Å². The van der Waals surface area contributed by atoms with Crippen molar-refractivity contribution in [1.82, 2.24) is 16.0 Å². The normalized spacial score (nSPS) is 14.5. The van der Waals surface area contributed by atoms with Crippen LogP contribution in [0, 0.1) is 0 Å². The Bertz CT molecular complexity index is 782. The maximum Gasteiger partial charge on any atom is 0.325 e. The number of amides is 3. The lowest BCUT2D eigenvalue weighted by Gasteiger charge is -2.24. The molecule has 1 aromatic carbocycles. The number of carboxylic acid groups (broad SMARTS) is 2. The number of carbonyl (C=O) groups is 5. The summed E-state index contributed by atoms with van der Waals surface area (Å²) in [6.45, 7) is 2.63. The van der Waals surface area contributed by atoms with E-state index in [1.807, 2.05) is 0 Å². The Labute approximate surface area is 173 Å². The fourth-order valence-corrected chi connectivity index (χ4v) is 2.39. The molecule has 30 heavy (non-hydrogen) atoms. The summed E-state index contributed by atoms with van der Waals surface area (Å²) in [7, 11) is 0. The Hall–Kier alpha value is -3.47. The monoisotopic (exact) mass is 422 g/mol. The third kappa shape index (κ3) is 8.27. The van der Waals surface area contributed by atoms with E-state index in [1.165, 1.54) is 13.8 Å². The van der Waals surface area contributed by atoms with Crippen molar-refractivity contribution in [2.45, 2.75) is 50.9 Å². The average Bonchev–Trinajstić information content (AvgIpc) is 2.66. The zero-order chi connectivity index (χ0) is 22.8. The first-order valence-corrected chi connectivity index (χ1v) is 9.16. The summed E-state index contributed by atoms with van der Waals surface area (Å²) < 4.78 is 0. The lowest BCUT2D eigenvalue weighted by atomic mass is 10.0. The van der Waals surface area contributed by atoms with Gasteiger partial charge in [-0.05, 0) is 19.4 Å². The first-order valence-electron chi connectivity index (χ1n) is 9.16. The minimum Gasteiger partial charge on any atom is -0.481 e. The Balaban J connectivity index is 3.04. The predicted octanol–water partition coefficient (Wildman–Crippen LogP) is -1.39. The highest BCUT2D eigenvalue weighted by molar-refractivity contribution is 5.95. The van der Waals surface area contributed by atoms with Gasteiger partial charge in [-0.3, -0.25) is 24.0 Å². The van der Waals surface area contributed by atoms with Crippen LogP contribution in [0.3, 0.4) is 0 Å². The van der Waals surface area contributed by atoms with E-state index in [4.69, 9.17) is 15.9 Å². The molecule has 0 heterocycles. The van der Waals surface area contributed by atoms with Crippen molar-refractivity contribution in [3.63, 3.8) is 0 Å². The lowest BCUT2D eigenvalue weighted by Crippen LogP contribution is -2.57. The third-order valence-corrected chi connectivity index (χ3v) is 4.07. The Morgan fingerprint density at radius 2 is 1.40 bits per heavy atom. The molecular weight excluding hydrogens is 396 g/mol. The molecule has 0 aliphatic rings. The molecule has 1 rings (SSSR count). The van der Waals surface area contributed by atoms with E-state index in [2.05, 4.69) is 16.0 Å². The summed E-state index contributed by atoms with van der Waals surface area (Å²) in [6.07, 6.45) is -0.707. The fraction of sp³-hybridized carbons (Fsp3) is 0.421. The maximum absolute atomic E-state index is 12.6. The summed E-state index contributed by atoms with van der Waals surface area (Å²) in [6, 6.07) is 3.77. The van der Waals surface area contributed by atoms with Crippen LogP contribution in [0.2, 0.25) is 0 Å². The maximum atomic E-state index is 12.6. The topological polar surface area (TPSA) is 188 Å². The van der Waals surface area contributed by atoms with Gasteiger partial charge in [0.2, 0.25) is 17.7 Å². The van der Waals surface area contributed by atoms with Crippen LogP contribution in [0.4, 0.5) is 0 Å². The van der Waals surface area contributed by atoms with Gasteiger partial charge in [0.15, 0.2) is 0 Å². The highest BCUT2D eigenvalue weighted by Gasteiger charge is 2.30. The summed E-state index contributed by atoms with van der Waals surface area (Å²) >= 11 is 0. The summed E-state index contributed by atoms with van der Waals surface area (Å²) in [5, 5.41) is 24.9. The minimum atomic E-state index is -1.47. The second kappa shape index (κ2) is 11.5. The second-order valence-electron chi connectivity index (χ2n) is 6.77. The number of aliphatic carboxylic acids is 2. The first-order chi connectivity index (χ1) is 14.0. The number of nitrogens with one attached hydrogen (secondary N) is 3. The molecule has 0 aliphatic carbocycles. The van der Waals surface area contributed by atoms with Gasteiger partial charge in [0.05, 0.1) is 12.5 Å². The molecule has 0 saturated heterocycles. The van der Waals surface area contributed by atoms with Crippen molar-refractivity contribution >= 4 is 29.7 Å². The van der Waals surface area contributed by atoms with Crippen molar-refractivity contribution in [3.05, 3.63) is 35.9 Å².